The van der Waals surface area contributed by atoms with E-state index in [9.17, 15) is 5.11 Å². The molecule has 0 heterocycles. The van der Waals surface area contributed by atoms with Crippen LogP contribution in [0.5, 0.6) is 0 Å². The van der Waals surface area contributed by atoms with Gasteiger partial charge in [-0.2, -0.15) is 0 Å². The normalized spacial score (nSPS) is 14.9. The van der Waals surface area contributed by atoms with Gasteiger partial charge in [-0.15, -0.1) is 0 Å². The first-order chi connectivity index (χ1) is 7.92. The number of halogens is 1. The molecular formula is C14H22ClNO. The van der Waals surface area contributed by atoms with E-state index in [-0.39, 0.29) is 0 Å². The summed E-state index contributed by atoms with van der Waals surface area (Å²) < 4.78 is 0. The van der Waals surface area contributed by atoms with Crippen molar-refractivity contribution in [3.63, 3.8) is 0 Å². The van der Waals surface area contributed by atoms with Gasteiger partial charge in [0.1, 0.15) is 0 Å². The highest BCUT2D eigenvalue weighted by Crippen LogP contribution is 2.25. The van der Waals surface area contributed by atoms with Crippen LogP contribution in [0, 0.1) is 5.92 Å². The Hall–Kier alpha value is -0.570. The van der Waals surface area contributed by atoms with Crippen LogP contribution in [-0.4, -0.2) is 18.2 Å². The van der Waals surface area contributed by atoms with Crippen molar-refractivity contribution >= 4 is 11.6 Å². The second-order valence-corrected chi connectivity index (χ2v) is 5.57. The molecule has 0 saturated heterocycles. The number of nitrogens with one attached hydrogen (secondary N) is 1. The van der Waals surface area contributed by atoms with Gasteiger partial charge >= 0.3 is 0 Å². The smallest absolute Gasteiger partial charge is 0.0880 e. The predicted octanol–water partition coefficient (Wildman–Crippen LogP) is 3.18. The van der Waals surface area contributed by atoms with Gasteiger partial charge in [-0.1, -0.05) is 37.6 Å². The number of hydrogen-bond acceptors (Lipinski definition) is 2. The molecule has 0 fully saturated rings. The number of hydrogen-bond donors (Lipinski definition) is 2. The van der Waals surface area contributed by atoms with Gasteiger partial charge < -0.3 is 10.4 Å². The van der Waals surface area contributed by atoms with Crippen molar-refractivity contribution in [3.8, 4) is 0 Å². The van der Waals surface area contributed by atoms with Crippen molar-refractivity contribution in [2.45, 2.75) is 32.8 Å². The molecule has 2 nitrogen and oxygen atoms in total. The Morgan fingerprint density at radius 3 is 2.41 bits per heavy atom. The summed E-state index contributed by atoms with van der Waals surface area (Å²) >= 11 is 5.83. The molecule has 17 heavy (non-hydrogen) atoms. The van der Waals surface area contributed by atoms with E-state index >= 15 is 0 Å². The summed E-state index contributed by atoms with van der Waals surface area (Å²) in [4.78, 5) is 0. The van der Waals surface area contributed by atoms with Gasteiger partial charge in [0.15, 0.2) is 0 Å². The van der Waals surface area contributed by atoms with Gasteiger partial charge in [0.05, 0.1) is 5.60 Å². The zero-order valence-corrected chi connectivity index (χ0v) is 11.6. The van der Waals surface area contributed by atoms with E-state index < -0.39 is 5.60 Å². The second-order valence-electron chi connectivity index (χ2n) is 5.13. The van der Waals surface area contributed by atoms with Gasteiger partial charge in [-0.3, -0.25) is 0 Å². The van der Waals surface area contributed by atoms with Gasteiger partial charge in [0.25, 0.3) is 0 Å². The second kappa shape index (κ2) is 6.39. The minimum absolute atomic E-state index is 0.635. The SMILES string of the molecule is CC(C)CNCCC(C)(O)c1ccc(Cl)cc1. The quantitative estimate of drug-likeness (QED) is 0.766. The van der Waals surface area contributed by atoms with Crippen molar-refractivity contribution in [1.29, 1.82) is 0 Å². The van der Waals surface area contributed by atoms with Crippen molar-refractivity contribution in [2.75, 3.05) is 13.1 Å². The number of rotatable bonds is 6. The largest absolute Gasteiger partial charge is 0.385 e. The molecule has 2 N–H and O–H groups in total. The Bertz CT molecular complexity index is 333. The van der Waals surface area contributed by atoms with Crippen LogP contribution in [0.1, 0.15) is 32.8 Å². The topological polar surface area (TPSA) is 32.3 Å². The maximum atomic E-state index is 10.4. The molecule has 0 amide bonds. The highest BCUT2D eigenvalue weighted by atomic mass is 35.5. The molecule has 1 rings (SSSR count). The average molecular weight is 256 g/mol. The monoisotopic (exact) mass is 255 g/mol. The molecule has 1 aromatic carbocycles. The Morgan fingerprint density at radius 2 is 1.88 bits per heavy atom. The third kappa shape index (κ3) is 5.07. The number of benzene rings is 1. The summed E-state index contributed by atoms with van der Waals surface area (Å²) in [5.41, 5.74) is 0.113. The predicted molar refractivity (Wildman–Crippen MR) is 73.3 cm³/mol. The summed E-state index contributed by atoms with van der Waals surface area (Å²) in [5, 5.41) is 14.4. The minimum Gasteiger partial charge on any atom is -0.385 e. The zero-order chi connectivity index (χ0) is 12.9. The van der Waals surface area contributed by atoms with E-state index in [2.05, 4.69) is 19.2 Å². The number of aliphatic hydroxyl groups is 1. The van der Waals surface area contributed by atoms with Gasteiger partial charge in [-0.25, -0.2) is 0 Å². The first-order valence-electron chi connectivity index (χ1n) is 6.11. The van der Waals surface area contributed by atoms with Crippen LogP contribution >= 0.6 is 11.6 Å². The fraction of sp³-hybridized carbons (Fsp3) is 0.571. The molecule has 1 atom stereocenters. The Balaban J connectivity index is 2.47. The molecule has 0 bridgehead atoms. The lowest BCUT2D eigenvalue weighted by atomic mass is 9.92. The van der Waals surface area contributed by atoms with E-state index in [0.29, 0.717) is 17.4 Å². The zero-order valence-electron chi connectivity index (χ0n) is 10.8. The molecule has 0 spiro atoms. The first kappa shape index (κ1) is 14.5. The summed E-state index contributed by atoms with van der Waals surface area (Å²) in [7, 11) is 0. The van der Waals surface area contributed by atoms with Crippen molar-refractivity contribution in [2.24, 2.45) is 5.92 Å². The third-order valence-electron chi connectivity index (χ3n) is 2.81. The van der Waals surface area contributed by atoms with E-state index in [4.69, 9.17) is 11.6 Å². The van der Waals surface area contributed by atoms with E-state index in [1.54, 1.807) is 0 Å². The Kier molecular flexibility index (Phi) is 5.44. The maximum absolute atomic E-state index is 10.4. The molecule has 0 aliphatic heterocycles. The molecular weight excluding hydrogens is 234 g/mol. The molecule has 0 aliphatic rings. The van der Waals surface area contributed by atoms with Crippen LogP contribution in [0.15, 0.2) is 24.3 Å². The standard InChI is InChI=1S/C14H22ClNO/c1-11(2)10-16-9-8-14(3,17)12-4-6-13(15)7-5-12/h4-7,11,16-17H,8-10H2,1-3H3. The summed E-state index contributed by atoms with van der Waals surface area (Å²) in [6, 6.07) is 7.38. The van der Waals surface area contributed by atoms with Gasteiger partial charge in [0, 0.05) is 5.02 Å². The lowest BCUT2D eigenvalue weighted by Gasteiger charge is -2.24. The molecule has 1 unspecified atom stereocenters. The Morgan fingerprint density at radius 1 is 1.29 bits per heavy atom. The van der Waals surface area contributed by atoms with Crippen LogP contribution in [0.4, 0.5) is 0 Å². The third-order valence-corrected chi connectivity index (χ3v) is 3.06. The lowest BCUT2D eigenvalue weighted by Crippen LogP contribution is -2.29. The van der Waals surface area contributed by atoms with Crippen molar-refractivity contribution < 1.29 is 5.11 Å². The minimum atomic E-state index is -0.797. The molecule has 0 radical (unpaired) electrons. The first-order valence-corrected chi connectivity index (χ1v) is 6.49. The fourth-order valence-electron chi connectivity index (χ4n) is 1.68. The molecule has 0 aliphatic carbocycles. The molecule has 1 aromatic rings. The Labute approximate surface area is 109 Å². The van der Waals surface area contributed by atoms with Crippen LogP contribution in [-0.2, 0) is 5.60 Å². The van der Waals surface area contributed by atoms with Crippen LogP contribution in [0.25, 0.3) is 0 Å². The average Bonchev–Trinajstić information content (AvgIpc) is 2.25. The van der Waals surface area contributed by atoms with E-state index in [1.165, 1.54) is 0 Å². The molecule has 96 valence electrons. The summed E-state index contributed by atoms with van der Waals surface area (Å²) in [5.74, 6) is 0.635. The van der Waals surface area contributed by atoms with E-state index in [1.807, 2.05) is 31.2 Å². The van der Waals surface area contributed by atoms with Crippen LogP contribution < -0.4 is 5.32 Å². The summed E-state index contributed by atoms with van der Waals surface area (Å²) in [6.07, 6.45) is 0.696. The van der Waals surface area contributed by atoms with Crippen molar-refractivity contribution in [1.82, 2.24) is 5.32 Å². The fourth-order valence-corrected chi connectivity index (χ4v) is 1.80. The molecule has 3 heteroatoms. The van der Waals surface area contributed by atoms with Crippen LogP contribution in [0.3, 0.4) is 0 Å². The van der Waals surface area contributed by atoms with Gasteiger partial charge in [-0.05, 0) is 50.0 Å². The maximum Gasteiger partial charge on any atom is 0.0880 e. The van der Waals surface area contributed by atoms with E-state index in [0.717, 1.165) is 18.7 Å². The highest BCUT2D eigenvalue weighted by Gasteiger charge is 2.22. The lowest BCUT2D eigenvalue weighted by molar-refractivity contribution is 0.0478. The van der Waals surface area contributed by atoms with Crippen molar-refractivity contribution in [3.05, 3.63) is 34.9 Å². The molecule has 0 saturated carbocycles. The van der Waals surface area contributed by atoms with Crippen LogP contribution in [0.2, 0.25) is 5.02 Å². The molecule has 0 aromatic heterocycles. The summed E-state index contributed by atoms with van der Waals surface area (Å²) in [6.45, 7) is 7.98. The highest BCUT2D eigenvalue weighted by molar-refractivity contribution is 6.30. The van der Waals surface area contributed by atoms with Gasteiger partial charge in [0.2, 0.25) is 0 Å².